The first kappa shape index (κ1) is 13.8. The number of H-pyrrole nitrogens is 1. The molecule has 2 aromatic carbocycles. The number of hydrogen-bond acceptors (Lipinski definition) is 2. The van der Waals surface area contributed by atoms with Crippen molar-refractivity contribution in [3.8, 4) is 0 Å². The van der Waals surface area contributed by atoms with E-state index < -0.39 is 0 Å². The van der Waals surface area contributed by atoms with Gasteiger partial charge in [0, 0.05) is 20.6 Å². The van der Waals surface area contributed by atoms with Crippen LogP contribution in [0.3, 0.4) is 0 Å². The van der Waals surface area contributed by atoms with E-state index in [0.29, 0.717) is 0 Å². The molecule has 0 spiro atoms. The molecule has 0 fully saturated rings. The average molecular weight is 345 g/mol. The van der Waals surface area contributed by atoms with Gasteiger partial charge in [-0.3, -0.25) is 10.1 Å². The second-order valence-corrected chi connectivity index (χ2v) is 5.85. The van der Waals surface area contributed by atoms with Crippen LogP contribution in [0.4, 0.5) is 0 Å². The molecule has 1 heterocycles. The van der Waals surface area contributed by atoms with Crippen LogP contribution in [0.2, 0.25) is 0 Å². The Morgan fingerprint density at radius 1 is 1.14 bits per heavy atom. The van der Waals surface area contributed by atoms with Crippen molar-refractivity contribution in [2.45, 2.75) is 5.92 Å². The van der Waals surface area contributed by atoms with Crippen LogP contribution in [-0.2, 0) is 0 Å². The number of aromatic nitrogens is 1. The van der Waals surface area contributed by atoms with Crippen molar-refractivity contribution in [2.24, 2.45) is 0 Å². The Balaban J connectivity index is 2.05. The van der Waals surface area contributed by atoms with Crippen LogP contribution in [0.15, 0.2) is 59.1 Å². The van der Waals surface area contributed by atoms with Gasteiger partial charge in [0.2, 0.25) is 6.54 Å². The van der Waals surface area contributed by atoms with Crippen LogP contribution in [0.25, 0.3) is 10.9 Å². The molecule has 0 saturated heterocycles. The molecular weight excluding hydrogens is 332 g/mol. The van der Waals surface area contributed by atoms with Crippen molar-refractivity contribution in [3.63, 3.8) is 0 Å². The first-order valence-corrected chi connectivity index (χ1v) is 7.38. The van der Waals surface area contributed by atoms with E-state index in [1.165, 1.54) is 0 Å². The molecule has 0 bridgehead atoms. The minimum absolute atomic E-state index is 0.131. The Hall–Kier alpha value is -2.14. The minimum atomic E-state index is -0.277. The topological polar surface area (TPSA) is 58.9 Å². The van der Waals surface area contributed by atoms with Crippen molar-refractivity contribution in [1.29, 1.82) is 0 Å². The fourth-order valence-corrected chi connectivity index (χ4v) is 2.78. The summed E-state index contributed by atoms with van der Waals surface area (Å²) in [5.74, 6) is -0.277. The third kappa shape index (κ3) is 2.97. The molecule has 0 aliphatic heterocycles. The van der Waals surface area contributed by atoms with Crippen molar-refractivity contribution >= 4 is 26.8 Å². The lowest BCUT2D eigenvalue weighted by Crippen LogP contribution is -2.14. The minimum Gasteiger partial charge on any atom is -0.358 e. The monoisotopic (exact) mass is 344 g/mol. The van der Waals surface area contributed by atoms with Crippen LogP contribution in [-0.4, -0.2) is 16.5 Å². The Morgan fingerprint density at radius 2 is 1.86 bits per heavy atom. The van der Waals surface area contributed by atoms with E-state index >= 15 is 0 Å². The quantitative estimate of drug-likeness (QED) is 0.565. The third-order valence-electron chi connectivity index (χ3n) is 3.53. The second kappa shape index (κ2) is 5.69. The standard InChI is InChI=1S/C16H13BrN2O2/c17-13-7-5-11(6-8-13)14(10-19(20)21)16-9-12-3-1-2-4-15(12)18-16/h1-9,14,18H,10H2/t14-/m0/s1. The molecule has 1 N–H and O–H groups in total. The molecule has 106 valence electrons. The SMILES string of the molecule is O=[N+]([O-])C[C@@H](c1ccc(Br)cc1)c1cc2ccccc2[nH]1. The van der Waals surface area contributed by atoms with E-state index in [4.69, 9.17) is 0 Å². The molecule has 3 rings (SSSR count). The number of rotatable bonds is 4. The van der Waals surface area contributed by atoms with E-state index in [9.17, 15) is 10.1 Å². The van der Waals surface area contributed by atoms with Crippen LogP contribution in [0.5, 0.6) is 0 Å². The van der Waals surface area contributed by atoms with E-state index in [-0.39, 0.29) is 17.4 Å². The fourth-order valence-electron chi connectivity index (χ4n) is 2.51. The third-order valence-corrected chi connectivity index (χ3v) is 4.06. The number of halogens is 1. The number of nitrogens with zero attached hydrogens (tertiary/aromatic N) is 1. The summed E-state index contributed by atoms with van der Waals surface area (Å²) in [7, 11) is 0. The lowest BCUT2D eigenvalue weighted by Gasteiger charge is -2.12. The number of benzene rings is 2. The van der Waals surface area contributed by atoms with Crippen molar-refractivity contribution in [2.75, 3.05) is 6.54 Å². The van der Waals surface area contributed by atoms with Gasteiger partial charge in [-0.05, 0) is 35.2 Å². The predicted molar refractivity (Wildman–Crippen MR) is 86.1 cm³/mol. The smallest absolute Gasteiger partial charge is 0.216 e. The van der Waals surface area contributed by atoms with E-state index in [2.05, 4.69) is 20.9 Å². The van der Waals surface area contributed by atoms with Gasteiger partial charge < -0.3 is 4.98 Å². The number of aromatic amines is 1. The number of nitrogens with one attached hydrogen (secondary N) is 1. The first-order valence-electron chi connectivity index (χ1n) is 6.58. The van der Waals surface area contributed by atoms with Crippen LogP contribution < -0.4 is 0 Å². The molecule has 0 aliphatic carbocycles. The highest BCUT2D eigenvalue weighted by Gasteiger charge is 2.22. The highest BCUT2D eigenvalue weighted by Crippen LogP contribution is 2.28. The molecule has 21 heavy (non-hydrogen) atoms. The Morgan fingerprint density at radius 3 is 2.52 bits per heavy atom. The highest BCUT2D eigenvalue weighted by molar-refractivity contribution is 9.10. The summed E-state index contributed by atoms with van der Waals surface area (Å²) in [4.78, 5) is 14.1. The zero-order chi connectivity index (χ0) is 14.8. The van der Waals surface area contributed by atoms with E-state index in [0.717, 1.165) is 26.6 Å². The van der Waals surface area contributed by atoms with Gasteiger partial charge in [0.05, 0.1) is 5.92 Å². The molecule has 1 atom stereocenters. The van der Waals surface area contributed by atoms with Crippen molar-refractivity contribution in [1.82, 2.24) is 4.98 Å². The number of para-hydroxylation sites is 1. The molecule has 0 unspecified atom stereocenters. The van der Waals surface area contributed by atoms with Crippen LogP contribution >= 0.6 is 15.9 Å². The summed E-state index contributed by atoms with van der Waals surface area (Å²) in [5.41, 5.74) is 2.80. The molecule has 3 aromatic rings. The maximum atomic E-state index is 11.0. The highest BCUT2D eigenvalue weighted by atomic mass is 79.9. The average Bonchev–Trinajstić information content (AvgIpc) is 2.89. The predicted octanol–water partition coefficient (Wildman–Crippen LogP) is 4.34. The number of nitro groups is 1. The summed E-state index contributed by atoms with van der Waals surface area (Å²) in [6.45, 7) is -0.131. The van der Waals surface area contributed by atoms with Crippen LogP contribution in [0, 0.1) is 10.1 Å². The molecule has 0 aliphatic rings. The maximum Gasteiger partial charge on any atom is 0.216 e. The first-order chi connectivity index (χ1) is 10.1. The van der Waals surface area contributed by atoms with Crippen LogP contribution in [0.1, 0.15) is 17.2 Å². The van der Waals surface area contributed by atoms with Crippen molar-refractivity contribution < 1.29 is 4.92 Å². The lowest BCUT2D eigenvalue weighted by atomic mass is 9.96. The van der Waals surface area contributed by atoms with Gasteiger partial charge in [-0.25, -0.2) is 0 Å². The largest absolute Gasteiger partial charge is 0.358 e. The summed E-state index contributed by atoms with van der Waals surface area (Å²) in [6, 6.07) is 17.5. The maximum absolute atomic E-state index is 11.0. The summed E-state index contributed by atoms with van der Waals surface area (Å²) in [5, 5.41) is 12.1. The molecular formula is C16H13BrN2O2. The van der Waals surface area contributed by atoms with Gasteiger partial charge in [0.15, 0.2) is 0 Å². The van der Waals surface area contributed by atoms with Gasteiger partial charge in [-0.1, -0.05) is 46.3 Å². The van der Waals surface area contributed by atoms with Gasteiger partial charge in [0.1, 0.15) is 0 Å². The van der Waals surface area contributed by atoms with Gasteiger partial charge in [-0.15, -0.1) is 0 Å². The van der Waals surface area contributed by atoms with E-state index in [1.54, 1.807) is 0 Å². The van der Waals surface area contributed by atoms with E-state index in [1.807, 2.05) is 54.6 Å². The zero-order valence-corrected chi connectivity index (χ0v) is 12.7. The van der Waals surface area contributed by atoms with Gasteiger partial charge >= 0.3 is 0 Å². The molecule has 5 heteroatoms. The lowest BCUT2D eigenvalue weighted by molar-refractivity contribution is -0.481. The molecule has 0 saturated carbocycles. The Labute approximate surface area is 130 Å². The zero-order valence-electron chi connectivity index (χ0n) is 11.1. The Kier molecular flexibility index (Phi) is 3.75. The summed E-state index contributed by atoms with van der Waals surface area (Å²) >= 11 is 3.39. The fraction of sp³-hybridized carbons (Fsp3) is 0.125. The van der Waals surface area contributed by atoms with Gasteiger partial charge in [0.25, 0.3) is 0 Å². The second-order valence-electron chi connectivity index (χ2n) is 4.93. The summed E-state index contributed by atoms with van der Waals surface area (Å²) in [6.07, 6.45) is 0. The number of hydrogen-bond donors (Lipinski definition) is 1. The summed E-state index contributed by atoms with van der Waals surface area (Å²) < 4.78 is 0.961. The molecule has 0 radical (unpaired) electrons. The number of fused-ring (bicyclic) bond motifs is 1. The molecule has 0 amide bonds. The van der Waals surface area contributed by atoms with Crippen molar-refractivity contribution in [3.05, 3.63) is 80.4 Å². The normalized spacial score (nSPS) is 12.4. The molecule has 4 nitrogen and oxygen atoms in total. The molecule has 1 aromatic heterocycles. The Bertz CT molecular complexity index is 747. The van der Waals surface area contributed by atoms with Gasteiger partial charge in [-0.2, -0.15) is 0 Å².